The van der Waals surface area contributed by atoms with E-state index >= 15 is 0 Å². The summed E-state index contributed by atoms with van der Waals surface area (Å²) in [7, 11) is -0.374. The van der Waals surface area contributed by atoms with Gasteiger partial charge >= 0.3 is 7.12 Å². The standard InChI is InChI=1S/C17H26BNO2/c1-12-7-8-14(13(2)9-12)10-15(11-19)18-20-16(3,4)17(5,6)21-18/h7-10H,11,19H2,1-6H3. The predicted molar refractivity (Wildman–Crippen MR) is 89.0 cm³/mol. The summed E-state index contributed by atoms with van der Waals surface area (Å²) in [5, 5.41) is 0. The van der Waals surface area contributed by atoms with Crippen LogP contribution >= 0.6 is 0 Å². The summed E-state index contributed by atoms with van der Waals surface area (Å²) in [6, 6.07) is 6.40. The zero-order chi connectivity index (χ0) is 15.8. The molecule has 21 heavy (non-hydrogen) atoms. The van der Waals surface area contributed by atoms with Crippen molar-refractivity contribution < 1.29 is 9.31 Å². The van der Waals surface area contributed by atoms with Gasteiger partial charge in [-0.25, -0.2) is 0 Å². The van der Waals surface area contributed by atoms with Crippen molar-refractivity contribution in [2.24, 2.45) is 5.73 Å². The number of hydrogen-bond donors (Lipinski definition) is 1. The monoisotopic (exact) mass is 287 g/mol. The topological polar surface area (TPSA) is 44.5 Å². The van der Waals surface area contributed by atoms with Gasteiger partial charge in [-0.15, -0.1) is 0 Å². The van der Waals surface area contributed by atoms with E-state index in [2.05, 4.69) is 65.8 Å². The minimum atomic E-state index is -0.374. The Kier molecular flexibility index (Phi) is 4.34. The van der Waals surface area contributed by atoms with E-state index in [1.54, 1.807) is 0 Å². The SMILES string of the molecule is Cc1ccc(C=C(CN)B2OC(C)(C)C(C)(C)O2)c(C)c1. The number of rotatable bonds is 3. The number of benzene rings is 1. The Morgan fingerprint density at radius 1 is 1.14 bits per heavy atom. The van der Waals surface area contributed by atoms with Gasteiger partial charge < -0.3 is 15.0 Å². The zero-order valence-corrected chi connectivity index (χ0v) is 14.0. The highest BCUT2D eigenvalue weighted by Gasteiger charge is 2.52. The van der Waals surface area contributed by atoms with Crippen molar-refractivity contribution in [3.63, 3.8) is 0 Å². The van der Waals surface area contributed by atoms with Crippen LogP contribution in [0.4, 0.5) is 0 Å². The van der Waals surface area contributed by atoms with Crippen LogP contribution in [0.1, 0.15) is 44.4 Å². The molecule has 0 aliphatic carbocycles. The highest BCUT2D eigenvalue weighted by atomic mass is 16.7. The van der Waals surface area contributed by atoms with Gasteiger partial charge in [0.05, 0.1) is 11.2 Å². The van der Waals surface area contributed by atoms with Crippen LogP contribution in [0.2, 0.25) is 0 Å². The molecule has 0 amide bonds. The highest BCUT2D eigenvalue weighted by Crippen LogP contribution is 2.38. The lowest BCUT2D eigenvalue weighted by molar-refractivity contribution is 0.00578. The summed E-state index contributed by atoms with van der Waals surface area (Å²) < 4.78 is 12.2. The number of aryl methyl sites for hydroxylation is 2. The lowest BCUT2D eigenvalue weighted by Crippen LogP contribution is -2.41. The van der Waals surface area contributed by atoms with Gasteiger partial charge in [0.15, 0.2) is 0 Å². The Balaban J connectivity index is 2.31. The van der Waals surface area contributed by atoms with Crippen molar-refractivity contribution in [2.75, 3.05) is 6.54 Å². The molecule has 0 saturated carbocycles. The third kappa shape index (κ3) is 3.23. The van der Waals surface area contributed by atoms with Gasteiger partial charge in [0.1, 0.15) is 0 Å². The summed E-state index contributed by atoms with van der Waals surface area (Å²) >= 11 is 0. The van der Waals surface area contributed by atoms with Crippen LogP contribution < -0.4 is 5.73 Å². The van der Waals surface area contributed by atoms with E-state index in [9.17, 15) is 0 Å². The minimum absolute atomic E-state index is 0.339. The highest BCUT2D eigenvalue weighted by molar-refractivity contribution is 6.55. The third-order valence-corrected chi connectivity index (χ3v) is 4.56. The molecule has 0 unspecified atom stereocenters. The van der Waals surface area contributed by atoms with Gasteiger partial charge in [-0.3, -0.25) is 0 Å². The van der Waals surface area contributed by atoms with Gasteiger partial charge in [-0.05, 0) is 58.1 Å². The van der Waals surface area contributed by atoms with Crippen LogP contribution in [0, 0.1) is 13.8 Å². The maximum absolute atomic E-state index is 6.08. The van der Waals surface area contributed by atoms with Gasteiger partial charge in [0.25, 0.3) is 0 Å². The molecule has 1 fully saturated rings. The summed E-state index contributed by atoms with van der Waals surface area (Å²) in [5.74, 6) is 0. The fourth-order valence-electron chi connectivity index (χ4n) is 2.40. The molecular weight excluding hydrogens is 261 g/mol. The maximum atomic E-state index is 6.08. The molecule has 4 heteroatoms. The van der Waals surface area contributed by atoms with Crippen molar-refractivity contribution in [2.45, 2.75) is 52.7 Å². The molecule has 1 aliphatic heterocycles. The van der Waals surface area contributed by atoms with Crippen LogP contribution in [0.15, 0.2) is 23.7 Å². The first kappa shape index (κ1) is 16.3. The fourth-order valence-corrected chi connectivity index (χ4v) is 2.40. The first-order chi connectivity index (χ1) is 9.66. The Morgan fingerprint density at radius 2 is 1.71 bits per heavy atom. The van der Waals surface area contributed by atoms with Crippen LogP contribution in [0.25, 0.3) is 6.08 Å². The van der Waals surface area contributed by atoms with E-state index in [1.807, 2.05) is 0 Å². The largest absolute Gasteiger partial charge is 0.491 e. The second-order valence-electron chi connectivity index (χ2n) is 6.87. The number of nitrogens with two attached hydrogens (primary N) is 1. The van der Waals surface area contributed by atoms with Crippen molar-refractivity contribution >= 4 is 13.2 Å². The number of hydrogen-bond acceptors (Lipinski definition) is 3. The molecule has 114 valence electrons. The Morgan fingerprint density at radius 3 is 2.19 bits per heavy atom. The summed E-state index contributed by atoms with van der Waals surface area (Å²) in [5.41, 5.74) is 9.88. The first-order valence-corrected chi connectivity index (χ1v) is 7.50. The van der Waals surface area contributed by atoms with Gasteiger partial charge in [-0.2, -0.15) is 0 Å². The first-order valence-electron chi connectivity index (χ1n) is 7.50. The molecule has 2 rings (SSSR count). The quantitative estimate of drug-likeness (QED) is 0.868. The van der Waals surface area contributed by atoms with Crippen LogP contribution in [-0.4, -0.2) is 24.9 Å². The average molecular weight is 287 g/mol. The van der Waals surface area contributed by atoms with Crippen LogP contribution in [0.5, 0.6) is 0 Å². The van der Waals surface area contributed by atoms with Crippen LogP contribution in [-0.2, 0) is 9.31 Å². The normalized spacial score (nSPS) is 20.9. The molecule has 2 N–H and O–H groups in total. The average Bonchev–Trinajstić information content (AvgIpc) is 2.57. The van der Waals surface area contributed by atoms with Gasteiger partial charge in [-0.1, -0.05) is 29.8 Å². The van der Waals surface area contributed by atoms with Gasteiger partial charge in [0.2, 0.25) is 0 Å². The molecule has 1 saturated heterocycles. The summed E-state index contributed by atoms with van der Waals surface area (Å²) in [6.07, 6.45) is 2.09. The zero-order valence-electron chi connectivity index (χ0n) is 14.0. The lowest BCUT2D eigenvalue weighted by atomic mass is 9.77. The summed E-state index contributed by atoms with van der Waals surface area (Å²) in [4.78, 5) is 0. The molecular formula is C17H26BNO2. The third-order valence-electron chi connectivity index (χ3n) is 4.56. The minimum Gasteiger partial charge on any atom is -0.400 e. The van der Waals surface area contributed by atoms with E-state index in [0.29, 0.717) is 6.54 Å². The van der Waals surface area contributed by atoms with E-state index in [1.165, 1.54) is 11.1 Å². The second kappa shape index (κ2) is 5.60. The smallest absolute Gasteiger partial charge is 0.400 e. The molecule has 0 atom stereocenters. The molecule has 1 aromatic carbocycles. The molecule has 3 nitrogen and oxygen atoms in total. The summed E-state index contributed by atoms with van der Waals surface area (Å²) in [6.45, 7) is 12.8. The predicted octanol–water partition coefficient (Wildman–Crippen LogP) is 3.28. The van der Waals surface area contributed by atoms with Crippen molar-refractivity contribution in [1.29, 1.82) is 0 Å². The Bertz CT molecular complexity index is 548. The van der Waals surface area contributed by atoms with Crippen molar-refractivity contribution in [3.05, 3.63) is 40.4 Å². The molecule has 1 aromatic rings. The van der Waals surface area contributed by atoms with E-state index < -0.39 is 0 Å². The molecule has 0 bridgehead atoms. The molecule has 0 radical (unpaired) electrons. The van der Waals surface area contributed by atoms with E-state index in [4.69, 9.17) is 15.0 Å². The van der Waals surface area contributed by atoms with E-state index in [0.717, 1.165) is 11.0 Å². The molecule has 0 aromatic heterocycles. The van der Waals surface area contributed by atoms with Crippen molar-refractivity contribution in [1.82, 2.24) is 0 Å². The molecule has 0 spiro atoms. The molecule has 1 aliphatic rings. The fraction of sp³-hybridized carbons (Fsp3) is 0.529. The Hall–Kier alpha value is -1.10. The second-order valence-corrected chi connectivity index (χ2v) is 6.87. The van der Waals surface area contributed by atoms with Crippen molar-refractivity contribution in [3.8, 4) is 0 Å². The van der Waals surface area contributed by atoms with Gasteiger partial charge in [0, 0.05) is 6.54 Å². The molecule has 1 heterocycles. The Labute approximate surface area is 128 Å². The van der Waals surface area contributed by atoms with Crippen LogP contribution in [0.3, 0.4) is 0 Å². The van der Waals surface area contributed by atoms with E-state index in [-0.39, 0.29) is 18.3 Å². The lowest BCUT2D eigenvalue weighted by Gasteiger charge is -2.32. The maximum Gasteiger partial charge on any atom is 0.491 e.